The first-order chi connectivity index (χ1) is 11.3. The second-order valence-corrected chi connectivity index (χ2v) is 5.59. The van der Waals surface area contributed by atoms with Gasteiger partial charge in [0.2, 0.25) is 5.96 Å². The number of para-hydroxylation sites is 1. The van der Waals surface area contributed by atoms with Crippen molar-refractivity contribution < 1.29 is 9.53 Å². The Hall–Kier alpha value is -2.82. The van der Waals surface area contributed by atoms with E-state index in [-0.39, 0.29) is 5.91 Å². The lowest BCUT2D eigenvalue weighted by Gasteiger charge is -2.36. The molecule has 2 aliphatic rings. The zero-order chi connectivity index (χ0) is 15.8. The van der Waals surface area contributed by atoms with Gasteiger partial charge in [-0.3, -0.25) is 14.7 Å². The molecule has 4 rings (SSSR count). The number of ether oxygens (including phenoxy) is 1. The van der Waals surface area contributed by atoms with Crippen LogP contribution in [0.25, 0.3) is 0 Å². The molecule has 2 heterocycles. The molecule has 2 aliphatic heterocycles. The van der Waals surface area contributed by atoms with E-state index in [2.05, 4.69) is 9.89 Å². The highest BCUT2D eigenvalue weighted by molar-refractivity contribution is 6.19. The van der Waals surface area contributed by atoms with Gasteiger partial charge in [0.15, 0.2) is 0 Å². The Morgan fingerprint density at radius 3 is 2.70 bits per heavy atom. The van der Waals surface area contributed by atoms with Crippen molar-refractivity contribution in [3.05, 3.63) is 59.7 Å². The largest absolute Gasteiger partial charge is 0.497 e. The highest BCUT2D eigenvalue weighted by Crippen LogP contribution is 2.31. The van der Waals surface area contributed by atoms with Gasteiger partial charge < -0.3 is 9.64 Å². The van der Waals surface area contributed by atoms with Crippen molar-refractivity contribution in [1.29, 1.82) is 0 Å². The smallest absolute Gasteiger partial charge is 0.262 e. The van der Waals surface area contributed by atoms with Crippen LogP contribution < -0.4 is 9.64 Å². The van der Waals surface area contributed by atoms with E-state index in [1.54, 1.807) is 12.0 Å². The molecule has 2 aromatic carbocycles. The van der Waals surface area contributed by atoms with Gasteiger partial charge >= 0.3 is 0 Å². The Morgan fingerprint density at radius 2 is 1.91 bits per heavy atom. The van der Waals surface area contributed by atoms with E-state index in [0.717, 1.165) is 28.5 Å². The number of guanidine groups is 1. The zero-order valence-corrected chi connectivity index (χ0v) is 12.9. The average Bonchev–Trinajstić information content (AvgIpc) is 3.09. The summed E-state index contributed by atoms with van der Waals surface area (Å²) in [5.74, 6) is 1.63. The average molecular weight is 307 g/mol. The number of benzene rings is 2. The fourth-order valence-electron chi connectivity index (χ4n) is 3.07. The molecule has 0 N–H and O–H groups in total. The first-order valence-corrected chi connectivity index (χ1v) is 7.64. The molecular formula is C18H17N3O2. The number of nitrogens with zero attached hydrogens (tertiary/aromatic N) is 3. The number of aliphatic imine (C=N–C) groups is 1. The number of hydrogen-bond donors (Lipinski definition) is 0. The SMILES string of the molecule is COc1ccc(CN2C3=NCCN3C(=O)c3ccccc32)cc1. The number of carbonyl (C=O) groups is 1. The van der Waals surface area contributed by atoms with Gasteiger partial charge in [0.1, 0.15) is 5.75 Å². The summed E-state index contributed by atoms with van der Waals surface area (Å²) in [5.41, 5.74) is 2.80. The molecule has 0 saturated carbocycles. The quantitative estimate of drug-likeness (QED) is 0.875. The third kappa shape index (κ3) is 2.25. The molecule has 0 fully saturated rings. The first-order valence-electron chi connectivity index (χ1n) is 7.64. The lowest BCUT2D eigenvalue weighted by molar-refractivity contribution is 0.0851. The molecule has 2 aromatic rings. The molecule has 5 nitrogen and oxygen atoms in total. The molecule has 116 valence electrons. The Labute approximate surface area is 134 Å². The molecule has 0 aromatic heterocycles. The van der Waals surface area contributed by atoms with E-state index in [1.807, 2.05) is 48.5 Å². The number of hydrogen-bond acceptors (Lipinski definition) is 4. The molecule has 0 spiro atoms. The summed E-state index contributed by atoms with van der Waals surface area (Å²) < 4.78 is 5.21. The topological polar surface area (TPSA) is 45.1 Å². The van der Waals surface area contributed by atoms with Crippen LogP contribution in [0.15, 0.2) is 53.5 Å². The van der Waals surface area contributed by atoms with Gasteiger partial charge in [-0.25, -0.2) is 0 Å². The summed E-state index contributed by atoms with van der Waals surface area (Å²) >= 11 is 0. The van der Waals surface area contributed by atoms with Gasteiger partial charge in [-0.1, -0.05) is 24.3 Å². The zero-order valence-electron chi connectivity index (χ0n) is 12.9. The van der Waals surface area contributed by atoms with Crippen molar-refractivity contribution in [2.24, 2.45) is 4.99 Å². The maximum absolute atomic E-state index is 12.6. The van der Waals surface area contributed by atoms with Crippen molar-refractivity contribution in [2.75, 3.05) is 25.1 Å². The van der Waals surface area contributed by atoms with Gasteiger partial charge in [0.05, 0.1) is 31.5 Å². The van der Waals surface area contributed by atoms with Crippen molar-refractivity contribution in [3.8, 4) is 5.75 Å². The lowest BCUT2D eigenvalue weighted by Crippen LogP contribution is -2.49. The summed E-state index contributed by atoms with van der Waals surface area (Å²) in [6.45, 7) is 1.99. The minimum atomic E-state index is 0.0443. The van der Waals surface area contributed by atoms with Crippen LogP contribution in [0.4, 0.5) is 5.69 Å². The second kappa shape index (κ2) is 5.43. The van der Waals surface area contributed by atoms with Crippen molar-refractivity contribution >= 4 is 17.6 Å². The highest BCUT2D eigenvalue weighted by atomic mass is 16.5. The van der Waals surface area contributed by atoms with Crippen LogP contribution in [0.2, 0.25) is 0 Å². The molecule has 23 heavy (non-hydrogen) atoms. The highest BCUT2D eigenvalue weighted by Gasteiger charge is 2.36. The van der Waals surface area contributed by atoms with E-state index < -0.39 is 0 Å². The molecule has 5 heteroatoms. The monoisotopic (exact) mass is 307 g/mol. The molecule has 0 unspecified atom stereocenters. The van der Waals surface area contributed by atoms with E-state index in [4.69, 9.17) is 4.74 Å². The van der Waals surface area contributed by atoms with Crippen molar-refractivity contribution in [1.82, 2.24) is 4.90 Å². The molecule has 0 bridgehead atoms. The number of anilines is 1. The van der Waals surface area contributed by atoms with Crippen molar-refractivity contribution in [3.63, 3.8) is 0 Å². The summed E-state index contributed by atoms with van der Waals surface area (Å²) in [6.07, 6.45) is 0. The van der Waals surface area contributed by atoms with Gasteiger partial charge in [0, 0.05) is 6.54 Å². The molecule has 0 atom stereocenters. The van der Waals surface area contributed by atoms with Crippen LogP contribution in [0.1, 0.15) is 15.9 Å². The third-order valence-corrected chi connectivity index (χ3v) is 4.23. The third-order valence-electron chi connectivity index (χ3n) is 4.23. The lowest BCUT2D eigenvalue weighted by atomic mass is 10.1. The molecule has 0 radical (unpaired) electrons. The maximum Gasteiger partial charge on any atom is 0.262 e. The summed E-state index contributed by atoms with van der Waals surface area (Å²) in [7, 11) is 1.66. The van der Waals surface area contributed by atoms with Gasteiger partial charge in [-0.05, 0) is 29.8 Å². The molecule has 0 aliphatic carbocycles. The van der Waals surface area contributed by atoms with E-state index in [1.165, 1.54) is 0 Å². The van der Waals surface area contributed by atoms with Crippen LogP contribution in [0.3, 0.4) is 0 Å². The number of methoxy groups -OCH3 is 1. The van der Waals surface area contributed by atoms with Gasteiger partial charge in [0.25, 0.3) is 5.91 Å². The Bertz CT molecular complexity index is 783. The molecular weight excluding hydrogens is 290 g/mol. The number of rotatable bonds is 3. The Morgan fingerprint density at radius 1 is 1.13 bits per heavy atom. The number of fused-ring (bicyclic) bond motifs is 2. The van der Waals surface area contributed by atoms with Crippen LogP contribution in [0, 0.1) is 0 Å². The Kier molecular flexibility index (Phi) is 3.26. The number of amides is 1. The number of carbonyl (C=O) groups excluding carboxylic acids is 1. The van der Waals surface area contributed by atoms with Crippen LogP contribution in [-0.4, -0.2) is 37.0 Å². The maximum atomic E-state index is 12.6. The van der Waals surface area contributed by atoms with Crippen LogP contribution in [0.5, 0.6) is 5.75 Å². The van der Waals surface area contributed by atoms with E-state index in [9.17, 15) is 4.79 Å². The summed E-state index contributed by atoms with van der Waals surface area (Å²) in [5, 5.41) is 0. The van der Waals surface area contributed by atoms with Crippen LogP contribution in [-0.2, 0) is 6.54 Å². The second-order valence-electron chi connectivity index (χ2n) is 5.59. The van der Waals surface area contributed by atoms with Gasteiger partial charge in [-0.15, -0.1) is 0 Å². The predicted octanol–water partition coefficient (Wildman–Crippen LogP) is 2.53. The fraction of sp³-hybridized carbons (Fsp3) is 0.222. The minimum Gasteiger partial charge on any atom is -0.497 e. The fourth-order valence-corrected chi connectivity index (χ4v) is 3.07. The Balaban J connectivity index is 1.73. The van der Waals surface area contributed by atoms with Crippen LogP contribution >= 0.6 is 0 Å². The predicted molar refractivity (Wildman–Crippen MR) is 89.0 cm³/mol. The summed E-state index contributed by atoms with van der Waals surface area (Å²) in [4.78, 5) is 21.0. The summed E-state index contributed by atoms with van der Waals surface area (Å²) in [6, 6.07) is 15.7. The molecule has 1 amide bonds. The first kappa shape index (κ1) is 13.8. The minimum absolute atomic E-state index is 0.0443. The standard InChI is InChI=1S/C18H17N3O2/c1-23-14-8-6-13(7-9-14)12-21-16-5-3-2-4-15(16)17(22)20-11-10-19-18(20)21/h2-9H,10-12H2,1H3. The van der Waals surface area contributed by atoms with E-state index >= 15 is 0 Å². The van der Waals surface area contributed by atoms with Crippen molar-refractivity contribution in [2.45, 2.75) is 6.54 Å². The normalized spacial score (nSPS) is 16.0. The van der Waals surface area contributed by atoms with E-state index in [0.29, 0.717) is 19.6 Å². The molecule has 0 saturated heterocycles. The van der Waals surface area contributed by atoms with Gasteiger partial charge in [-0.2, -0.15) is 0 Å².